The Morgan fingerprint density at radius 3 is 2.69 bits per heavy atom. The maximum Gasteiger partial charge on any atom is 0.251 e. The lowest BCUT2D eigenvalue weighted by atomic mass is 9.80. The van der Waals surface area contributed by atoms with Gasteiger partial charge in [0, 0.05) is 36.5 Å². The van der Waals surface area contributed by atoms with E-state index in [2.05, 4.69) is 22.1 Å². The van der Waals surface area contributed by atoms with Gasteiger partial charge in [-0.3, -0.25) is 9.69 Å². The Balaban J connectivity index is 1.37. The normalized spacial score (nSPS) is 27.2. The van der Waals surface area contributed by atoms with E-state index in [1.807, 2.05) is 0 Å². The van der Waals surface area contributed by atoms with E-state index >= 15 is 0 Å². The van der Waals surface area contributed by atoms with E-state index in [1.54, 1.807) is 36.4 Å². The van der Waals surface area contributed by atoms with Crippen LogP contribution < -0.4 is 10.1 Å². The summed E-state index contributed by atoms with van der Waals surface area (Å²) in [4.78, 5) is 19.2. The number of pyridine rings is 1. The molecule has 1 aromatic heterocycles. The van der Waals surface area contributed by atoms with Crippen LogP contribution in [0.15, 0.2) is 42.6 Å². The monoisotopic (exact) mass is 371 g/mol. The fourth-order valence-electron chi connectivity index (χ4n) is 3.93. The third kappa shape index (κ3) is 3.69. The summed E-state index contributed by atoms with van der Waals surface area (Å²) in [5, 5.41) is 3.78. The van der Waals surface area contributed by atoms with Gasteiger partial charge in [0.2, 0.25) is 5.88 Å². The van der Waals surface area contributed by atoms with Crippen molar-refractivity contribution in [3.63, 3.8) is 0 Å². The van der Waals surface area contributed by atoms with Gasteiger partial charge in [-0.2, -0.15) is 0 Å². The zero-order chi connectivity index (χ0) is 18.1. The number of nitrogens with one attached hydrogen (secondary N) is 1. The molecule has 1 N–H and O–H groups in total. The lowest BCUT2D eigenvalue weighted by Gasteiger charge is -2.48. The minimum atomic E-state index is -0.0208. The van der Waals surface area contributed by atoms with Crippen molar-refractivity contribution in [3.05, 3.63) is 53.2 Å². The molecule has 1 amide bonds. The SMILES string of the molecule is CC1CC2CCN1CC2NC(=O)c1ccc(Oc2ccc(Cl)cn2)cc1. The van der Waals surface area contributed by atoms with E-state index < -0.39 is 0 Å². The summed E-state index contributed by atoms with van der Waals surface area (Å²) in [6.45, 7) is 4.39. The molecular weight excluding hydrogens is 350 g/mol. The van der Waals surface area contributed by atoms with Crippen LogP contribution in [0.25, 0.3) is 0 Å². The molecule has 5 rings (SSSR count). The lowest BCUT2D eigenvalue weighted by molar-refractivity contribution is 0.0274. The van der Waals surface area contributed by atoms with Gasteiger partial charge in [0.25, 0.3) is 5.91 Å². The van der Waals surface area contributed by atoms with Crippen molar-refractivity contribution in [1.29, 1.82) is 0 Å². The molecule has 136 valence electrons. The quantitative estimate of drug-likeness (QED) is 0.889. The lowest BCUT2D eigenvalue weighted by Crippen LogP contribution is -2.60. The van der Waals surface area contributed by atoms with E-state index in [9.17, 15) is 4.79 Å². The standard InChI is InChI=1S/C20H22ClN3O2/c1-13-10-15-8-9-24(13)12-18(15)23-20(25)14-2-5-17(6-3-14)26-19-7-4-16(21)11-22-19/h2-7,11,13,15,18H,8-10,12H2,1H3,(H,23,25). The number of ether oxygens (including phenoxy) is 1. The second-order valence-corrected chi connectivity index (χ2v) is 7.59. The van der Waals surface area contributed by atoms with Crippen molar-refractivity contribution in [1.82, 2.24) is 15.2 Å². The maximum absolute atomic E-state index is 12.6. The predicted molar refractivity (Wildman–Crippen MR) is 101 cm³/mol. The molecular formula is C20H22ClN3O2. The van der Waals surface area contributed by atoms with Crippen LogP contribution in [0.2, 0.25) is 5.02 Å². The summed E-state index contributed by atoms with van der Waals surface area (Å²) in [5.41, 5.74) is 0.644. The third-order valence-corrected chi connectivity index (χ3v) is 5.63. The Hall–Kier alpha value is -2.11. The number of rotatable bonds is 4. The highest BCUT2D eigenvalue weighted by Gasteiger charge is 2.38. The van der Waals surface area contributed by atoms with Gasteiger partial charge >= 0.3 is 0 Å². The molecule has 0 saturated carbocycles. The fourth-order valence-corrected chi connectivity index (χ4v) is 4.04. The van der Waals surface area contributed by atoms with Gasteiger partial charge in [-0.05, 0) is 62.6 Å². The maximum atomic E-state index is 12.6. The van der Waals surface area contributed by atoms with Gasteiger partial charge in [0.15, 0.2) is 0 Å². The summed E-state index contributed by atoms with van der Waals surface area (Å²) >= 11 is 5.82. The van der Waals surface area contributed by atoms with Crippen LogP contribution in [0.1, 0.15) is 30.1 Å². The van der Waals surface area contributed by atoms with E-state index in [4.69, 9.17) is 16.3 Å². The number of hydrogen-bond acceptors (Lipinski definition) is 4. The van der Waals surface area contributed by atoms with Crippen LogP contribution in [0, 0.1) is 5.92 Å². The zero-order valence-electron chi connectivity index (χ0n) is 14.7. The molecule has 3 aliphatic rings. The average Bonchev–Trinajstić information content (AvgIpc) is 2.65. The van der Waals surface area contributed by atoms with Gasteiger partial charge in [-0.25, -0.2) is 4.98 Å². The van der Waals surface area contributed by atoms with Crippen molar-refractivity contribution in [2.45, 2.75) is 31.8 Å². The van der Waals surface area contributed by atoms with Gasteiger partial charge in [-0.1, -0.05) is 11.6 Å². The van der Waals surface area contributed by atoms with Gasteiger partial charge in [0.05, 0.1) is 5.02 Å². The highest BCUT2D eigenvalue weighted by Crippen LogP contribution is 2.32. The molecule has 6 heteroatoms. The number of hydrogen-bond donors (Lipinski definition) is 1. The van der Waals surface area contributed by atoms with E-state index in [0.717, 1.165) is 13.1 Å². The molecule has 0 radical (unpaired) electrons. The van der Waals surface area contributed by atoms with Crippen LogP contribution >= 0.6 is 11.6 Å². The summed E-state index contributed by atoms with van der Waals surface area (Å²) < 4.78 is 5.66. The number of halogens is 1. The molecule has 26 heavy (non-hydrogen) atoms. The first-order valence-corrected chi connectivity index (χ1v) is 9.40. The number of benzene rings is 1. The minimum absolute atomic E-state index is 0.0208. The Morgan fingerprint density at radius 2 is 2.08 bits per heavy atom. The second-order valence-electron chi connectivity index (χ2n) is 7.15. The molecule has 3 aliphatic heterocycles. The van der Waals surface area contributed by atoms with Gasteiger partial charge in [0.1, 0.15) is 5.75 Å². The molecule has 3 fully saturated rings. The summed E-state index contributed by atoms with van der Waals surface area (Å²) in [7, 11) is 0. The fraction of sp³-hybridized carbons (Fsp3) is 0.400. The van der Waals surface area contributed by atoms with Gasteiger partial charge < -0.3 is 10.1 Å². The Labute approximate surface area is 158 Å². The number of carbonyl (C=O) groups is 1. The number of fused-ring (bicyclic) bond motifs is 3. The van der Waals surface area contributed by atoms with Crippen LogP contribution in [0.5, 0.6) is 11.6 Å². The predicted octanol–water partition coefficient (Wildman–Crippen LogP) is 3.74. The molecule has 4 unspecified atom stereocenters. The highest BCUT2D eigenvalue weighted by molar-refractivity contribution is 6.30. The molecule has 4 atom stereocenters. The van der Waals surface area contributed by atoms with Gasteiger partial charge in [-0.15, -0.1) is 0 Å². The number of nitrogens with zero attached hydrogens (tertiary/aromatic N) is 2. The first-order chi connectivity index (χ1) is 12.6. The van der Waals surface area contributed by atoms with Crippen LogP contribution in [-0.4, -0.2) is 41.0 Å². The smallest absolute Gasteiger partial charge is 0.251 e. The van der Waals surface area contributed by atoms with Crippen molar-refractivity contribution >= 4 is 17.5 Å². The third-order valence-electron chi connectivity index (χ3n) is 5.41. The molecule has 5 nitrogen and oxygen atoms in total. The van der Waals surface area contributed by atoms with E-state index in [0.29, 0.717) is 34.2 Å². The van der Waals surface area contributed by atoms with Crippen molar-refractivity contribution in [3.8, 4) is 11.6 Å². The first-order valence-electron chi connectivity index (χ1n) is 9.03. The second kappa shape index (κ2) is 7.25. The zero-order valence-corrected chi connectivity index (χ0v) is 15.4. The molecule has 2 aromatic rings. The van der Waals surface area contributed by atoms with Crippen molar-refractivity contribution in [2.75, 3.05) is 13.1 Å². The average molecular weight is 372 g/mol. The van der Waals surface area contributed by atoms with Crippen LogP contribution in [0.3, 0.4) is 0 Å². The summed E-state index contributed by atoms with van der Waals surface area (Å²) in [6, 6.07) is 11.4. The highest BCUT2D eigenvalue weighted by atomic mass is 35.5. The Morgan fingerprint density at radius 1 is 1.27 bits per heavy atom. The van der Waals surface area contributed by atoms with E-state index in [1.165, 1.54) is 19.0 Å². The van der Waals surface area contributed by atoms with E-state index in [-0.39, 0.29) is 11.9 Å². The number of piperidine rings is 3. The topological polar surface area (TPSA) is 54.5 Å². The molecule has 3 saturated heterocycles. The number of amides is 1. The van der Waals surface area contributed by atoms with Crippen molar-refractivity contribution < 1.29 is 9.53 Å². The Bertz CT molecular complexity index is 779. The molecule has 0 aliphatic carbocycles. The molecule has 1 aromatic carbocycles. The number of carbonyl (C=O) groups excluding carboxylic acids is 1. The Kier molecular flexibility index (Phi) is 4.83. The summed E-state index contributed by atoms with van der Waals surface area (Å²) in [6.07, 6.45) is 3.88. The van der Waals surface area contributed by atoms with Crippen LogP contribution in [-0.2, 0) is 0 Å². The molecule has 2 bridgehead atoms. The first kappa shape index (κ1) is 17.3. The largest absolute Gasteiger partial charge is 0.439 e. The molecule has 0 spiro atoms. The van der Waals surface area contributed by atoms with Crippen LogP contribution in [0.4, 0.5) is 0 Å². The summed E-state index contributed by atoms with van der Waals surface area (Å²) in [5.74, 6) is 1.67. The minimum Gasteiger partial charge on any atom is -0.439 e. The van der Waals surface area contributed by atoms with Crippen molar-refractivity contribution in [2.24, 2.45) is 5.92 Å². The molecule has 4 heterocycles. The number of aromatic nitrogens is 1.